The molecule has 1 aromatic carbocycles. The number of likely N-dealkylation sites (N-methyl/N-ethyl adjacent to an activating group) is 1. The van der Waals surface area contributed by atoms with Gasteiger partial charge in [0.2, 0.25) is 0 Å². The first kappa shape index (κ1) is 15.0. The second kappa shape index (κ2) is 6.23. The van der Waals surface area contributed by atoms with Crippen LogP contribution in [-0.2, 0) is 6.18 Å². The SMILES string of the molecule is CC.CCN1CC(c2cccc(C(F)(F)F)c2)C1. The Morgan fingerprint density at radius 1 is 1.22 bits per heavy atom. The van der Waals surface area contributed by atoms with Crippen LogP contribution in [0.4, 0.5) is 13.2 Å². The Bertz CT molecular complexity index is 368. The van der Waals surface area contributed by atoms with Gasteiger partial charge in [0.25, 0.3) is 0 Å². The highest BCUT2D eigenvalue weighted by Gasteiger charge is 2.32. The molecule has 0 saturated carbocycles. The van der Waals surface area contributed by atoms with Crippen LogP contribution in [0, 0.1) is 0 Å². The van der Waals surface area contributed by atoms with E-state index in [4.69, 9.17) is 0 Å². The van der Waals surface area contributed by atoms with Gasteiger partial charge in [-0.15, -0.1) is 0 Å². The predicted molar refractivity (Wildman–Crippen MR) is 67.6 cm³/mol. The minimum absolute atomic E-state index is 0.266. The Labute approximate surface area is 107 Å². The molecule has 1 heterocycles. The molecule has 102 valence electrons. The van der Waals surface area contributed by atoms with Crippen molar-refractivity contribution in [2.45, 2.75) is 32.9 Å². The summed E-state index contributed by atoms with van der Waals surface area (Å²) in [5.41, 5.74) is 0.263. The summed E-state index contributed by atoms with van der Waals surface area (Å²) in [5, 5.41) is 0. The van der Waals surface area contributed by atoms with Crippen molar-refractivity contribution in [1.82, 2.24) is 4.90 Å². The van der Waals surface area contributed by atoms with Gasteiger partial charge in [-0.2, -0.15) is 13.2 Å². The monoisotopic (exact) mass is 259 g/mol. The third-order valence-electron chi connectivity index (χ3n) is 3.09. The van der Waals surface area contributed by atoms with Gasteiger partial charge in [0.1, 0.15) is 0 Å². The fraction of sp³-hybridized carbons (Fsp3) is 0.571. The van der Waals surface area contributed by atoms with E-state index in [1.54, 1.807) is 6.07 Å². The minimum Gasteiger partial charge on any atom is -0.302 e. The van der Waals surface area contributed by atoms with Gasteiger partial charge in [-0.1, -0.05) is 39.0 Å². The normalized spacial score (nSPS) is 16.8. The van der Waals surface area contributed by atoms with Gasteiger partial charge < -0.3 is 4.90 Å². The van der Waals surface area contributed by atoms with E-state index in [1.807, 2.05) is 13.8 Å². The average Bonchev–Trinajstić information content (AvgIpc) is 2.30. The standard InChI is InChI=1S/C12H14F3N.C2H6/c1-2-16-7-10(8-16)9-4-3-5-11(6-9)12(13,14)15;1-2/h3-6,10H,2,7-8H2,1H3;1-2H3. The third-order valence-corrected chi connectivity index (χ3v) is 3.09. The first-order chi connectivity index (χ1) is 8.50. The number of halogens is 3. The van der Waals surface area contributed by atoms with Crippen LogP contribution < -0.4 is 0 Å². The number of benzene rings is 1. The smallest absolute Gasteiger partial charge is 0.302 e. The van der Waals surface area contributed by atoms with Crippen molar-refractivity contribution in [3.05, 3.63) is 35.4 Å². The molecule has 18 heavy (non-hydrogen) atoms. The maximum Gasteiger partial charge on any atom is 0.416 e. The molecule has 2 rings (SSSR count). The molecule has 0 spiro atoms. The van der Waals surface area contributed by atoms with Crippen LogP contribution in [0.3, 0.4) is 0 Å². The number of likely N-dealkylation sites (tertiary alicyclic amines) is 1. The zero-order valence-corrected chi connectivity index (χ0v) is 11.1. The van der Waals surface area contributed by atoms with Crippen molar-refractivity contribution < 1.29 is 13.2 Å². The Balaban J connectivity index is 0.000000771. The first-order valence-corrected chi connectivity index (χ1v) is 6.40. The number of hydrogen-bond acceptors (Lipinski definition) is 1. The topological polar surface area (TPSA) is 3.24 Å². The maximum atomic E-state index is 12.5. The van der Waals surface area contributed by atoms with E-state index >= 15 is 0 Å². The second-order valence-corrected chi connectivity index (χ2v) is 4.17. The molecule has 0 amide bonds. The zero-order valence-electron chi connectivity index (χ0n) is 11.1. The largest absolute Gasteiger partial charge is 0.416 e. The highest BCUT2D eigenvalue weighted by atomic mass is 19.4. The lowest BCUT2D eigenvalue weighted by Gasteiger charge is -2.39. The summed E-state index contributed by atoms with van der Waals surface area (Å²) in [5.74, 6) is 0.266. The van der Waals surface area contributed by atoms with Gasteiger partial charge in [-0.05, 0) is 18.2 Å². The highest BCUT2D eigenvalue weighted by molar-refractivity contribution is 5.30. The zero-order chi connectivity index (χ0) is 13.8. The van der Waals surface area contributed by atoms with Crippen molar-refractivity contribution in [3.8, 4) is 0 Å². The number of hydrogen-bond donors (Lipinski definition) is 0. The molecule has 0 bridgehead atoms. The Kier molecular flexibility index (Phi) is 5.20. The van der Waals surface area contributed by atoms with Crippen LogP contribution >= 0.6 is 0 Å². The van der Waals surface area contributed by atoms with Gasteiger partial charge in [0.15, 0.2) is 0 Å². The highest BCUT2D eigenvalue weighted by Crippen LogP contribution is 2.33. The molecule has 0 aromatic heterocycles. The van der Waals surface area contributed by atoms with E-state index in [9.17, 15) is 13.2 Å². The first-order valence-electron chi connectivity index (χ1n) is 6.40. The molecule has 0 N–H and O–H groups in total. The lowest BCUT2D eigenvalue weighted by molar-refractivity contribution is -0.137. The van der Waals surface area contributed by atoms with E-state index in [2.05, 4.69) is 11.8 Å². The van der Waals surface area contributed by atoms with Gasteiger partial charge in [0.05, 0.1) is 5.56 Å². The fourth-order valence-corrected chi connectivity index (χ4v) is 2.01. The lowest BCUT2D eigenvalue weighted by Crippen LogP contribution is -2.44. The van der Waals surface area contributed by atoms with Crippen molar-refractivity contribution >= 4 is 0 Å². The molecule has 1 saturated heterocycles. The van der Waals surface area contributed by atoms with Crippen LogP contribution in [0.5, 0.6) is 0 Å². The molecular weight excluding hydrogens is 239 g/mol. The Morgan fingerprint density at radius 3 is 2.33 bits per heavy atom. The van der Waals surface area contributed by atoms with E-state index in [0.29, 0.717) is 0 Å². The van der Waals surface area contributed by atoms with E-state index in [1.165, 1.54) is 12.1 Å². The van der Waals surface area contributed by atoms with Gasteiger partial charge in [0, 0.05) is 19.0 Å². The fourth-order valence-electron chi connectivity index (χ4n) is 2.01. The van der Waals surface area contributed by atoms with Gasteiger partial charge in [-0.3, -0.25) is 0 Å². The molecule has 1 aromatic rings. The average molecular weight is 259 g/mol. The molecule has 1 nitrogen and oxygen atoms in total. The maximum absolute atomic E-state index is 12.5. The van der Waals surface area contributed by atoms with Crippen molar-refractivity contribution in [2.75, 3.05) is 19.6 Å². The Hall–Kier alpha value is -1.03. The number of nitrogens with zero attached hydrogens (tertiary/aromatic N) is 1. The van der Waals surface area contributed by atoms with Crippen molar-refractivity contribution in [3.63, 3.8) is 0 Å². The third kappa shape index (κ3) is 3.48. The van der Waals surface area contributed by atoms with Crippen molar-refractivity contribution in [1.29, 1.82) is 0 Å². The number of rotatable bonds is 2. The molecule has 0 aliphatic carbocycles. The lowest BCUT2D eigenvalue weighted by atomic mass is 9.90. The molecule has 0 radical (unpaired) electrons. The molecule has 0 unspecified atom stereocenters. The van der Waals surface area contributed by atoms with Crippen LogP contribution in [0.25, 0.3) is 0 Å². The van der Waals surface area contributed by atoms with E-state index < -0.39 is 11.7 Å². The molecular formula is C14H20F3N. The summed E-state index contributed by atoms with van der Waals surface area (Å²) in [6, 6.07) is 5.68. The van der Waals surface area contributed by atoms with Gasteiger partial charge in [-0.25, -0.2) is 0 Å². The number of alkyl halides is 3. The predicted octanol–water partition coefficient (Wildman–Crippen LogP) is 4.15. The summed E-state index contributed by atoms with van der Waals surface area (Å²) in [6.07, 6.45) is -4.23. The van der Waals surface area contributed by atoms with Crippen LogP contribution in [0.1, 0.15) is 37.8 Å². The van der Waals surface area contributed by atoms with E-state index in [-0.39, 0.29) is 5.92 Å². The molecule has 1 aliphatic heterocycles. The molecule has 0 atom stereocenters. The van der Waals surface area contributed by atoms with Crippen LogP contribution in [-0.4, -0.2) is 24.5 Å². The molecule has 4 heteroatoms. The summed E-state index contributed by atoms with van der Waals surface area (Å²) in [7, 11) is 0. The summed E-state index contributed by atoms with van der Waals surface area (Å²) >= 11 is 0. The summed E-state index contributed by atoms with van der Waals surface area (Å²) in [4.78, 5) is 2.21. The second-order valence-electron chi connectivity index (χ2n) is 4.17. The van der Waals surface area contributed by atoms with Gasteiger partial charge >= 0.3 is 6.18 Å². The van der Waals surface area contributed by atoms with Crippen molar-refractivity contribution in [2.24, 2.45) is 0 Å². The molecule has 1 fully saturated rings. The van der Waals surface area contributed by atoms with Crippen LogP contribution in [0.2, 0.25) is 0 Å². The minimum atomic E-state index is -4.23. The quantitative estimate of drug-likeness (QED) is 0.771. The summed E-state index contributed by atoms with van der Waals surface area (Å²) in [6.45, 7) is 8.77. The molecule has 1 aliphatic rings. The Morgan fingerprint density at radius 2 is 1.83 bits per heavy atom. The summed E-state index contributed by atoms with van der Waals surface area (Å²) < 4.78 is 37.5. The van der Waals surface area contributed by atoms with E-state index in [0.717, 1.165) is 31.3 Å². The van der Waals surface area contributed by atoms with Crippen LogP contribution in [0.15, 0.2) is 24.3 Å².